The zero-order valence-corrected chi connectivity index (χ0v) is 18.7. The van der Waals surface area contributed by atoms with Crippen molar-refractivity contribution in [3.8, 4) is 0 Å². The molecule has 1 aromatic carbocycles. The van der Waals surface area contributed by atoms with Crippen molar-refractivity contribution in [3.05, 3.63) is 64.1 Å². The number of aromatic nitrogens is 2. The maximum atomic E-state index is 12.4. The van der Waals surface area contributed by atoms with Crippen LogP contribution in [0.25, 0.3) is 0 Å². The van der Waals surface area contributed by atoms with Crippen molar-refractivity contribution < 1.29 is 13.2 Å². The third-order valence-corrected chi connectivity index (χ3v) is 7.11. The second-order valence-corrected chi connectivity index (χ2v) is 9.98. The summed E-state index contributed by atoms with van der Waals surface area (Å²) in [7, 11) is -3.21. The Morgan fingerprint density at radius 3 is 2.60 bits per heavy atom. The minimum absolute atomic E-state index is 0.0220. The molecule has 0 radical (unpaired) electrons. The third-order valence-electron chi connectivity index (χ3n) is 4.83. The second kappa shape index (κ2) is 9.14. The number of carbonyl (C=O) groups is 1. The lowest BCUT2D eigenvalue weighted by molar-refractivity contribution is 0.0936. The van der Waals surface area contributed by atoms with Gasteiger partial charge in [-0.3, -0.25) is 4.79 Å². The van der Waals surface area contributed by atoms with Gasteiger partial charge in [-0.05, 0) is 45.2 Å². The normalized spacial score (nSPS) is 16.3. The van der Waals surface area contributed by atoms with Crippen LogP contribution in [-0.4, -0.2) is 35.6 Å². The first kappa shape index (κ1) is 22.2. The molecule has 0 saturated heterocycles. The maximum absolute atomic E-state index is 12.4. The molecule has 1 aliphatic carbocycles. The van der Waals surface area contributed by atoms with Gasteiger partial charge in [-0.2, -0.15) is 0 Å². The molecule has 1 aliphatic rings. The zero-order chi connectivity index (χ0) is 21.9. The van der Waals surface area contributed by atoms with Crippen LogP contribution in [0.1, 0.15) is 54.6 Å². The summed E-state index contributed by atoms with van der Waals surface area (Å²) in [4.78, 5) is 20.8. The molecule has 0 spiro atoms. The largest absolute Gasteiger partial charge is 0.376 e. The van der Waals surface area contributed by atoms with Crippen molar-refractivity contribution in [2.24, 2.45) is 0 Å². The monoisotopic (exact) mass is 448 g/mol. The molecule has 9 heteroatoms. The Bertz CT molecular complexity index is 1070. The van der Waals surface area contributed by atoms with E-state index in [9.17, 15) is 13.2 Å². The number of benzene rings is 1. The number of aryl methyl sites for hydroxylation is 1. The van der Waals surface area contributed by atoms with E-state index in [0.29, 0.717) is 29.2 Å². The molecular weight excluding hydrogens is 424 g/mol. The topological polar surface area (TPSA) is 101 Å². The lowest BCUT2D eigenvalue weighted by Crippen LogP contribution is -2.32. The molecule has 1 aromatic heterocycles. The molecule has 1 heterocycles. The van der Waals surface area contributed by atoms with E-state index in [4.69, 9.17) is 11.6 Å². The molecule has 0 aliphatic heterocycles. The number of halogens is 1. The molecule has 2 atom stereocenters. The highest BCUT2D eigenvalue weighted by Crippen LogP contribution is 2.29. The number of sulfone groups is 1. The predicted octanol–water partition coefficient (Wildman–Crippen LogP) is 3.82. The number of rotatable bonds is 8. The van der Waals surface area contributed by atoms with Gasteiger partial charge in [-0.25, -0.2) is 18.4 Å². The molecule has 2 aromatic rings. The first-order valence-corrected chi connectivity index (χ1v) is 11.7. The van der Waals surface area contributed by atoms with Crippen LogP contribution in [0.4, 0.5) is 5.69 Å². The number of anilines is 1. The minimum Gasteiger partial charge on any atom is -0.376 e. The van der Waals surface area contributed by atoms with E-state index < -0.39 is 21.8 Å². The van der Waals surface area contributed by atoms with Gasteiger partial charge in [0.05, 0.1) is 28.9 Å². The number of amides is 1. The van der Waals surface area contributed by atoms with Crippen LogP contribution >= 0.6 is 11.6 Å². The summed E-state index contributed by atoms with van der Waals surface area (Å²) in [5.41, 5.74) is 2.26. The Kier molecular flexibility index (Phi) is 6.77. The first-order valence-electron chi connectivity index (χ1n) is 9.75. The van der Waals surface area contributed by atoms with Crippen LogP contribution in [0.2, 0.25) is 5.02 Å². The van der Waals surface area contributed by atoms with Gasteiger partial charge in [0, 0.05) is 16.5 Å². The highest BCUT2D eigenvalue weighted by molar-refractivity contribution is 7.95. The van der Waals surface area contributed by atoms with Crippen LogP contribution < -0.4 is 10.6 Å². The van der Waals surface area contributed by atoms with E-state index in [-0.39, 0.29) is 17.1 Å². The van der Waals surface area contributed by atoms with Crippen molar-refractivity contribution in [3.63, 3.8) is 0 Å². The summed E-state index contributed by atoms with van der Waals surface area (Å²) in [5, 5.41) is 7.59. The van der Waals surface area contributed by atoms with Crippen LogP contribution in [0, 0.1) is 6.92 Å². The fourth-order valence-electron chi connectivity index (χ4n) is 2.91. The van der Waals surface area contributed by atoms with Crippen molar-refractivity contribution in [1.82, 2.24) is 15.3 Å². The quantitative estimate of drug-likeness (QED) is 0.636. The molecule has 1 amide bonds. The Balaban J connectivity index is 1.63. The smallest absolute Gasteiger partial charge is 0.289 e. The van der Waals surface area contributed by atoms with Gasteiger partial charge in [0.15, 0.2) is 9.84 Å². The summed E-state index contributed by atoms with van der Waals surface area (Å²) in [5.74, 6) is -0.446. The number of nitrogens with one attached hydrogen (secondary N) is 2. The molecule has 0 unspecified atom stereocenters. The van der Waals surface area contributed by atoms with Crippen LogP contribution in [0.5, 0.6) is 0 Å². The second-order valence-electron chi connectivity index (χ2n) is 7.46. The molecule has 1 saturated carbocycles. The molecule has 160 valence electrons. The van der Waals surface area contributed by atoms with Crippen LogP contribution in [0.3, 0.4) is 0 Å². The summed E-state index contributed by atoms with van der Waals surface area (Å²) < 4.78 is 23.8. The van der Waals surface area contributed by atoms with Gasteiger partial charge in [-0.15, -0.1) is 0 Å². The van der Waals surface area contributed by atoms with Gasteiger partial charge in [-0.1, -0.05) is 35.9 Å². The van der Waals surface area contributed by atoms with Crippen molar-refractivity contribution in [2.75, 3.05) is 5.32 Å². The average molecular weight is 449 g/mol. The highest BCUT2D eigenvalue weighted by Gasteiger charge is 2.33. The SMILES string of the molecule is Cc1nc(C(=O)N[C@H](C)/C=C/S(=O)(=O)C2CC2)ncc1N[C@@H](C)c1ccccc1Cl. The van der Waals surface area contributed by atoms with E-state index in [1.807, 2.05) is 31.2 Å². The highest BCUT2D eigenvalue weighted by atomic mass is 35.5. The van der Waals surface area contributed by atoms with Gasteiger partial charge in [0.25, 0.3) is 5.91 Å². The Morgan fingerprint density at radius 2 is 1.97 bits per heavy atom. The van der Waals surface area contributed by atoms with Gasteiger partial charge in [0.2, 0.25) is 5.82 Å². The maximum Gasteiger partial charge on any atom is 0.289 e. The summed E-state index contributed by atoms with van der Waals surface area (Å²) in [6.07, 6.45) is 4.44. The van der Waals surface area contributed by atoms with E-state index in [2.05, 4.69) is 20.6 Å². The van der Waals surface area contributed by atoms with E-state index in [0.717, 1.165) is 5.56 Å². The van der Waals surface area contributed by atoms with Crippen molar-refractivity contribution in [2.45, 2.75) is 50.9 Å². The summed E-state index contributed by atoms with van der Waals surface area (Å²) in [6, 6.07) is 7.03. The Labute approximate surface area is 181 Å². The van der Waals surface area contributed by atoms with E-state index in [1.54, 1.807) is 20.0 Å². The molecule has 3 rings (SSSR count). The fraction of sp³-hybridized carbons (Fsp3) is 0.381. The number of hydrogen-bond acceptors (Lipinski definition) is 6. The van der Waals surface area contributed by atoms with Gasteiger partial charge >= 0.3 is 0 Å². The first-order chi connectivity index (χ1) is 14.2. The summed E-state index contributed by atoms with van der Waals surface area (Å²) in [6.45, 7) is 5.46. The van der Waals surface area contributed by atoms with Crippen LogP contribution in [0.15, 0.2) is 41.9 Å². The van der Waals surface area contributed by atoms with Gasteiger partial charge in [0.1, 0.15) is 0 Å². The van der Waals surface area contributed by atoms with Crippen molar-refractivity contribution >= 4 is 33.0 Å². The lowest BCUT2D eigenvalue weighted by atomic mass is 10.1. The molecule has 30 heavy (non-hydrogen) atoms. The number of nitrogens with zero attached hydrogens (tertiary/aromatic N) is 2. The number of carbonyl (C=O) groups excluding carboxylic acids is 1. The third kappa shape index (κ3) is 5.58. The van der Waals surface area contributed by atoms with Crippen LogP contribution in [-0.2, 0) is 9.84 Å². The van der Waals surface area contributed by atoms with E-state index in [1.165, 1.54) is 11.5 Å². The number of hydrogen-bond donors (Lipinski definition) is 2. The lowest BCUT2D eigenvalue weighted by Gasteiger charge is -2.18. The molecule has 7 nitrogen and oxygen atoms in total. The fourth-order valence-corrected chi connectivity index (χ4v) is 4.68. The Morgan fingerprint density at radius 1 is 1.27 bits per heavy atom. The molecular formula is C21H25ClN4O3S. The standard InChI is InChI=1S/C21H25ClN4O3S/c1-13(10-11-30(28,29)16-8-9-16)24-21(27)20-23-12-19(15(3)26-20)25-14(2)17-6-4-5-7-18(17)22/h4-7,10-14,16,25H,8-9H2,1-3H3,(H,24,27)/b11-10+/t13-,14+/m1/s1. The van der Waals surface area contributed by atoms with E-state index >= 15 is 0 Å². The van der Waals surface area contributed by atoms with Crippen molar-refractivity contribution in [1.29, 1.82) is 0 Å². The Hall–Kier alpha value is -2.45. The molecule has 1 fully saturated rings. The average Bonchev–Trinajstić information content (AvgIpc) is 3.54. The summed E-state index contributed by atoms with van der Waals surface area (Å²) >= 11 is 6.25. The zero-order valence-electron chi connectivity index (χ0n) is 17.1. The minimum atomic E-state index is -3.21. The van der Waals surface area contributed by atoms with Gasteiger partial charge < -0.3 is 10.6 Å². The molecule has 2 N–H and O–H groups in total. The predicted molar refractivity (Wildman–Crippen MR) is 118 cm³/mol. The molecule has 0 bridgehead atoms.